The molecule has 5 nitrogen and oxygen atoms in total. The molecule has 0 aliphatic carbocycles. The van der Waals surface area contributed by atoms with Crippen molar-refractivity contribution in [3.8, 4) is 11.5 Å². The van der Waals surface area contributed by atoms with E-state index in [0.717, 1.165) is 41.0 Å². The van der Waals surface area contributed by atoms with Crippen LogP contribution in [0, 0.1) is 13.8 Å². The highest BCUT2D eigenvalue weighted by atomic mass is 16.6. The van der Waals surface area contributed by atoms with Gasteiger partial charge in [0, 0.05) is 19.1 Å². The number of benzene rings is 2. The Morgan fingerprint density at radius 1 is 0.933 bits per heavy atom. The standard InChI is InChI=1S/C25H33NO4/c1-5-6-15-29-24-17-20(2)25(21(3)18-24)30-16-7-14-28-19-23-10-8-22(9-11-23)12-13-26-27-4/h5-6,8-11,13,17-18H,7,12,14-16,19H2,1-4H3/b6-5+,26-13+. The van der Waals surface area contributed by atoms with Crippen LogP contribution in [-0.2, 0) is 22.6 Å². The number of allylic oxidation sites excluding steroid dienone is 1. The molecule has 0 bridgehead atoms. The average molecular weight is 412 g/mol. The van der Waals surface area contributed by atoms with Crippen molar-refractivity contribution in [3.05, 3.63) is 70.8 Å². The van der Waals surface area contributed by atoms with Crippen LogP contribution < -0.4 is 9.47 Å². The molecule has 2 aromatic rings. The number of oxime groups is 1. The second-order valence-electron chi connectivity index (χ2n) is 7.01. The Kier molecular flexibility index (Phi) is 10.5. The molecule has 0 unspecified atom stereocenters. The summed E-state index contributed by atoms with van der Waals surface area (Å²) in [6.07, 6.45) is 7.31. The lowest BCUT2D eigenvalue weighted by molar-refractivity contribution is 0.107. The Balaban J connectivity index is 1.68. The van der Waals surface area contributed by atoms with Gasteiger partial charge < -0.3 is 19.0 Å². The number of aryl methyl sites for hydroxylation is 2. The predicted octanol–water partition coefficient (Wildman–Crippen LogP) is 5.42. The lowest BCUT2D eigenvalue weighted by atomic mass is 10.1. The predicted molar refractivity (Wildman–Crippen MR) is 122 cm³/mol. The van der Waals surface area contributed by atoms with Crippen LogP contribution in [0.5, 0.6) is 11.5 Å². The second-order valence-corrected chi connectivity index (χ2v) is 7.01. The van der Waals surface area contributed by atoms with Gasteiger partial charge in [-0.25, -0.2) is 0 Å². The van der Waals surface area contributed by atoms with Gasteiger partial charge in [-0.1, -0.05) is 41.6 Å². The van der Waals surface area contributed by atoms with Gasteiger partial charge in [0.05, 0.1) is 19.8 Å². The number of rotatable bonds is 13. The van der Waals surface area contributed by atoms with E-state index in [2.05, 4.69) is 34.3 Å². The molecule has 0 aliphatic rings. The Hall–Kier alpha value is -2.79. The first-order chi connectivity index (χ1) is 14.6. The highest BCUT2D eigenvalue weighted by Gasteiger charge is 2.07. The quantitative estimate of drug-likeness (QED) is 0.191. The minimum atomic E-state index is 0.581. The summed E-state index contributed by atoms with van der Waals surface area (Å²) < 4.78 is 17.5. The molecule has 0 aliphatic heterocycles. The van der Waals surface area contributed by atoms with E-state index in [1.165, 1.54) is 5.56 Å². The van der Waals surface area contributed by atoms with E-state index in [1.54, 1.807) is 13.3 Å². The zero-order chi connectivity index (χ0) is 21.6. The maximum atomic E-state index is 5.99. The molecule has 0 radical (unpaired) electrons. The average Bonchev–Trinajstić information content (AvgIpc) is 2.73. The van der Waals surface area contributed by atoms with Crippen LogP contribution in [0.15, 0.2) is 53.7 Å². The van der Waals surface area contributed by atoms with E-state index < -0.39 is 0 Å². The summed E-state index contributed by atoms with van der Waals surface area (Å²) in [5.41, 5.74) is 4.52. The molecule has 0 saturated heterocycles. The summed E-state index contributed by atoms with van der Waals surface area (Å²) >= 11 is 0. The van der Waals surface area contributed by atoms with Crippen LogP contribution in [0.2, 0.25) is 0 Å². The molecule has 0 amide bonds. The van der Waals surface area contributed by atoms with Crippen molar-refractivity contribution in [1.29, 1.82) is 0 Å². The van der Waals surface area contributed by atoms with Crippen molar-refractivity contribution in [2.45, 2.75) is 40.2 Å². The molecular formula is C25H33NO4. The van der Waals surface area contributed by atoms with Crippen molar-refractivity contribution in [3.63, 3.8) is 0 Å². The van der Waals surface area contributed by atoms with Crippen molar-refractivity contribution < 1.29 is 19.0 Å². The number of hydrogen-bond donors (Lipinski definition) is 0. The van der Waals surface area contributed by atoms with Crippen molar-refractivity contribution in [2.24, 2.45) is 5.16 Å². The van der Waals surface area contributed by atoms with E-state index in [0.29, 0.717) is 26.4 Å². The number of ether oxygens (including phenoxy) is 3. The Morgan fingerprint density at radius 2 is 1.63 bits per heavy atom. The van der Waals surface area contributed by atoms with E-state index >= 15 is 0 Å². The molecule has 0 aromatic heterocycles. The Labute approximate surface area is 180 Å². The SMILES string of the molecule is C/C=C/COc1cc(C)c(OCCCOCc2ccc(C/C=N/OC)cc2)c(C)c1. The molecule has 0 heterocycles. The highest BCUT2D eigenvalue weighted by molar-refractivity contribution is 5.60. The van der Waals surface area contributed by atoms with Crippen molar-refractivity contribution in [2.75, 3.05) is 26.9 Å². The molecule has 0 spiro atoms. The lowest BCUT2D eigenvalue weighted by Crippen LogP contribution is -2.05. The summed E-state index contributed by atoms with van der Waals surface area (Å²) in [4.78, 5) is 4.67. The van der Waals surface area contributed by atoms with Gasteiger partial charge in [-0.3, -0.25) is 0 Å². The van der Waals surface area contributed by atoms with Gasteiger partial charge in [0.1, 0.15) is 25.2 Å². The van der Waals surface area contributed by atoms with Gasteiger partial charge in [-0.2, -0.15) is 0 Å². The first kappa shape index (κ1) is 23.5. The molecule has 0 fully saturated rings. The van der Waals surface area contributed by atoms with Crippen LogP contribution in [0.3, 0.4) is 0 Å². The molecule has 5 heteroatoms. The molecular weight excluding hydrogens is 378 g/mol. The van der Waals surface area contributed by atoms with E-state index in [-0.39, 0.29) is 0 Å². The smallest absolute Gasteiger partial charge is 0.125 e. The van der Waals surface area contributed by atoms with Crippen LogP contribution in [0.1, 0.15) is 35.6 Å². The molecule has 0 atom stereocenters. The van der Waals surface area contributed by atoms with E-state index in [1.807, 2.05) is 45.1 Å². The van der Waals surface area contributed by atoms with Gasteiger partial charge >= 0.3 is 0 Å². The zero-order valence-electron chi connectivity index (χ0n) is 18.5. The van der Waals surface area contributed by atoms with Crippen LogP contribution in [-0.4, -0.2) is 33.1 Å². The normalized spacial score (nSPS) is 11.3. The fourth-order valence-electron chi connectivity index (χ4n) is 2.98. The summed E-state index contributed by atoms with van der Waals surface area (Å²) in [6, 6.07) is 12.4. The van der Waals surface area contributed by atoms with E-state index in [9.17, 15) is 0 Å². The fraction of sp³-hybridized carbons (Fsp3) is 0.400. The van der Waals surface area contributed by atoms with Crippen molar-refractivity contribution >= 4 is 6.21 Å². The minimum absolute atomic E-state index is 0.581. The topological polar surface area (TPSA) is 49.3 Å². The van der Waals surface area contributed by atoms with Gasteiger partial charge in [-0.15, -0.1) is 0 Å². The maximum Gasteiger partial charge on any atom is 0.125 e. The summed E-state index contributed by atoms with van der Waals surface area (Å²) in [5, 5.41) is 3.75. The zero-order valence-corrected chi connectivity index (χ0v) is 18.5. The molecule has 162 valence electrons. The third-order valence-corrected chi connectivity index (χ3v) is 4.49. The van der Waals surface area contributed by atoms with Gasteiger partial charge in [0.25, 0.3) is 0 Å². The first-order valence-corrected chi connectivity index (χ1v) is 10.3. The Bertz CT molecular complexity index is 789. The molecule has 2 aromatic carbocycles. The number of hydrogen-bond acceptors (Lipinski definition) is 5. The highest BCUT2D eigenvalue weighted by Crippen LogP contribution is 2.28. The molecule has 30 heavy (non-hydrogen) atoms. The molecule has 0 N–H and O–H groups in total. The van der Waals surface area contributed by atoms with Crippen LogP contribution >= 0.6 is 0 Å². The lowest BCUT2D eigenvalue weighted by Gasteiger charge is -2.14. The van der Waals surface area contributed by atoms with E-state index in [4.69, 9.17) is 14.2 Å². The summed E-state index contributed by atoms with van der Waals surface area (Å²) in [7, 11) is 1.54. The first-order valence-electron chi connectivity index (χ1n) is 10.3. The minimum Gasteiger partial charge on any atom is -0.493 e. The largest absolute Gasteiger partial charge is 0.493 e. The maximum absolute atomic E-state index is 5.99. The van der Waals surface area contributed by atoms with Gasteiger partial charge in [-0.05, 0) is 55.2 Å². The molecule has 2 rings (SSSR count). The summed E-state index contributed by atoms with van der Waals surface area (Å²) in [6.45, 7) is 8.54. The third kappa shape index (κ3) is 8.29. The number of nitrogens with zero attached hydrogens (tertiary/aromatic N) is 1. The van der Waals surface area contributed by atoms with Gasteiger partial charge in [0.2, 0.25) is 0 Å². The Morgan fingerprint density at radius 3 is 2.30 bits per heavy atom. The van der Waals surface area contributed by atoms with Crippen LogP contribution in [0.4, 0.5) is 0 Å². The van der Waals surface area contributed by atoms with Crippen molar-refractivity contribution in [1.82, 2.24) is 0 Å². The third-order valence-electron chi connectivity index (χ3n) is 4.49. The fourth-order valence-corrected chi connectivity index (χ4v) is 2.98. The second kappa shape index (κ2) is 13.4. The van der Waals surface area contributed by atoms with Gasteiger partial charge in [0.15, 0.2) is 0 Å². The van der Waals surface area contributed by atoms with Crippen LogP contribution in [0.25, 0.3) is 0 Å². The summed E-state index contributed by atoms with van der Waals surface area (Å²) in [5.74, 6) is 1.80. The monoisotopic (exact) mass is 411 g/mol. The molecule has 0 saturated carbocycles.